The Kier molecular flexibility index (Phi) is 2.85. The van der Waals surface area contributed by atoms with E-state index in [0.717, 1.165) is 11.9 Å². The van der Waals surface area contributed by atoms with Crippen LogP contribution < -0.4 is 5.46 Å². The first-order valence-corrected chi connectivity index (χ1v) is 5.45. The summed E-state index contributed by atoms with van der Waals surface area (Å²) in [7, 11) is -0.218. The fraction of sp³-hybridized carbons (Fsp3) is 0.500. The number of rotatable bonds is 1. The van der Waals surface area contributed by atoms with Crippen molar-refractivity contribution < 1.29 is 9.31 Å². The van der Waals surface area contributed by atoms with Crippen molar-refractivity contribution in [2.75, 3.05) is 0 Å². The van der Waals surface area contributed by atoms with E-state index in [1.807, 2.05) is 30.3 Å². The molecule has 1 aromatic rings. The molecule has 80 valence electrons. The third kappa shape index (κ3) is 2.61. The van der Waals surface area contributed by atoms with Gasteiger partial charge in [-0.25, -0.2) is 0 Å². The summed E-state index contributed by atoms with van der Waals surface area (Å²) in [4.78, 5) is 0. The summed E-state index contributed by atoms with van der Waals surface area (Å²) < 4.78 is 11.7. The topological polar surface area (TPSA) is 18.5 Å². The molecule has 1 heterocycles. The summed E-state index contributed by atoms with van der Waals surface area (Å²) >= 11 is 0. The molecule has 2 rings (SSSR count). The van der Waals surface area contributed by atoms with Crippen molar-refractivity contribution >= 4 is 12.6 Å². The van der Waals surface area contributed by atoms with Gasteiger partial charge in [-0.15, -0.1) is 0 Å². The Balaban J connectivity index is 2.17. The largest absolute Gasteiger partial charge is 0.494 e. The van der Waals surface area contributed by atoms with Crippen molar-refractivity contribution in [2.45, 2.75) is 38.9 Å². The fourth-order valence-corrected chi connectivity index (χ4v) is 2.07. The average Bonchev–Trinajstić information content (AvgIpc) is 2.16. The quantitative estimate of drug-likeness (QED) is 0.651. The van der Waals surface area contributed by atoms with Gasteiger partial charge in [0.25, 0.3) is 0 Å². The molecule has 0 spiro atoms. The van der Waals surface area contributed by atoms with Gasteiger partial charge in [-0.05, 0) is 32.7 Å². The first-order chi connectivity index (χ1) is 7.07. The fourth-order valence-electron chi connectivity index (χ4n) is 2.07. The van der Waals surface area contributed by atoms with Gasteiger partial charge in [-0.3, -0.25) is 0 Å². The van der Waals surface area contributed by atoms with Crippen LogP contribution in [0.5, 0.6) is 0 Å². The summed E-state index contributed by atoms with van der Waals surface area (Å²) in [5.74, 6) is 0. The lowest BCUT2D eigenvalue weighted by molar-refractivity contribution is -0.0229. The van der Waals surface area contributed by atoms with Gasteiger partial charge in [0.05, 0.1) is 5.60 Å². The molecule has 1 fully saturated rings. The summed E-state index contributed by atoms with van der Waals surface area (Å²) in [6.07, 6.45) is 1.19. The van der Waals surface area contributed by atoms with Crippen LogP contribution in [0.25, 0.3) is 0 Å². The molecule has 1 atom stereocenters. The lowest BCUT2D eigenvalue weighted by atomic mass is 9.75. The number of hydrogen-bond donors (Lipinski definition) is 0. The van der Waals surface area contributed by atoms with E-state index < -0.39 is 0 Å². The molecular weight excluding hydrogens is 187 g/mol. The summed E-state index contributed by atoms with van der Waals surface area (Å²) in [6.45, 7) is 6.32. The molecule has 1 aliphatic heterocycles. The molecule has 2 nitrogen and oxygen atoms in total. The second kappa shape index (κ2) is 3.99. The summed E-state index contributed by atoms with van der Waals surface area (Å²) in [5.41, 5.74) is 0.996. The molecule has 0 bridgehead atoms. The van der Waals surface area contributed by atoms with Gasteiger partial charge in [-0.2, -0.15) is 0 Å². The first-order valence-electron chi connectivity index (χ1n) is 5.45. The van der Waals surface area contributed by atoms with Crippen LogP contribution >= 0.6 is 0 Å². The smallest absolute Gasteiger partial charge is 0.405 e. The van der Waals surface area contributed by atoms with E-state index in [2.05, 4.69) is 20.8 Å². The highest BCUT2D eigenvalue weighted by atomic mass is 16.6. The van der Waals surface area contributed by atoms with Crippen molar-refractivity contribution in [1.29, 1.82) is 0 Å². The van der Waals surface area contributed by atoms with Crippen LogP contribution in [0.3, 0.4) is 0 Å². The second-order valence-corrected chi connectivity index (χ2v) is 4.77. The third-order valence-electron chi connectivity index (χ3n) is 2.63. The monoisotopic (exact) mass is 204 g/mol. The van der Waals surface area contributed by atoms with E-state index in [1.165, 1.54) is 0 Å². The zero-order chi connectivity index (χ0) is 10.9. The molecule has 1 unspecified atom stereocenters. The molecular formula is C12H17BO2. The minimum absolute atomic E-state index is 0.0990. The Morgan fingerprint density at radius 3 is 2.53 bits per heavy atom. The summed E-state index contributed by atoms with van der Waals surface area (Å²) in [6, 6.07) is 10.1. The standard InChI is InChI=1S/C12H17BO2/c1-10-9-12(2,3)15-13(14-10)11-7-5-4-6-8-11/h4-8,10H,9H2,1-3H3. The molecule has 1 saturated heterocycles. The van der Waals surface area contributed by atoms with Gasteiger partial charge in [0.2, 0.25) is 0 Å². The molecule has 1 aromatic carbocycles. The van der Waals surface area contributed by atoms with Crippen LogP contribution in [0.2, 0.25) is 0 Å². The van der Waals surface area contributed by atoms with Crippen LogP contribution in [-0.2, 0) is 9.31 Å². The maximum atomic E-state index is 5.91. The molecule has 0 aromatic heterocycles. The van der Waals surface area contributed by atoms with Crippen molar-refractivity contribution in [1.82, 2.24) is 0 Å². The summed E-state index contributed by atoms with van der Waals surface area (Å²) in [5, 5.41) is 0. The van der Waals surface area contributed by atoms with Crippen molar-refractivity contribution in [2.24, 2.45) is 0 Å². The molecule has 1 aliphatic rings. The molecule has 0 N–H and O–H groups in total. The Morgan fingerprint density at radius 2 is 1.93 bits per heavy atom. The van der Waals surface area contributed by atoms with E-state index in [0.29, 0.717) is 0 Å². The highest BCUT2D eigenvalue weighted by Gasteiger charge is 2.37. The SMILES string of the molecule is CC1CC(C)(C)OB(c2ccccc2)O1. The Bertz CT molecular complexity index is 324. The van der Waals surface area contributed by atoms with Gasteiger partial charge >= 0.3 is 7.12 Å². The van der Waals surface area contributed by atoms with Crippen LogP contribution in [0.4, 0.5) is 0 Å². The van der Waals surface area contributed by atoms with Crippen molar-refractivity contribution in [3.63, 3.8) is 0 Å². The van der Waals surface area contributed by atoms with Crippen LogP contribution in [0.15, 0.2) is 30.3 Å². The lowest BCUT2D eigenvalue weighted by Gasteiger charge is -2.38. The maximum Gasteiger partial charge on any atom is 0.494 e. The predicted octanol–water partition coefficient (Wildman–Crippen LogP) is 1.99. The molecule has 15 heavy (non-hydrogen) atoms. The third-order valence-corrected chi connectivity index (χ3v) is 2.63. The van der Waals surface area contributed by atoms with Crippen LogP contribution in [0, 0.1) is 0 Å². The van der Waals surface area contributed by atoms with E-state index >= 15 is 0 Å². The molecule has 0 amide bonds. The Morgan fingerprint density at radius 1 is 1.27 bits per heavy atom. The molecule has 3 heteroatoms. The maximum absolute atomic E-state index is 5.91. The highest BCUT2D eigenvalue weighted by molar-refractivity contribution is 6.61. The number of hydrogen-bond acceptors (Lipinski definition) is 2. The average molecular weight is 204 g/mol. The van der Waals surface area contributed by atoms with Crippen molar-refractivity contribution in [3.8, 4) is 0 Å². The Hall–Kier alpha value is -0.795. The molecule has 0 aliphatic carbocycles. The van der Waals surface area contributed by atoms with Crippen molar-refractivity contribution in [3.05, 3.63) is 30.3 Å². The van der Waals surface area contributed by atoms with E-state index in [9.17, 15) is 0 Å². The van der Waals surface area contributed by atoms with Crippen LogP contribution in [0.1, 0.15) is 27.2 Å². The van der Waals surface area contributed by atoms with Gasteiger partial charge < -0.3 is 9.31 Å². The van der Waals surface area contributed by atoms with E-state index in [1.54, 1.807) is 0 Å². The second-order valence-electron chi connectivity index (χ2n) is 4.77. The van der Waals surface area contributed by atoms with Gasteiger partial charge in [-0.1, -0.05) is 30.3 Å². The zero-order valence-electron chi connectivity index (χ0n) is 9.57. The zero-order valence-corrected chi connectivity index (χ0v) is 9.57. The molecule has 0 radical (unpaired) electrons. The van der Waals surface area contributed by atoms with E-state index in [-0.39, 0.29) is 18.8 Å². The minimum atomic E-state index is -0.218. The normalized spacial score (nSPS) is 25.3. The van der Waals surface area contributed by atoms with Gasteiger partial charge in [0, 0.05) is 6.10 Å². The lowest BCUT2D eigenvalue weighted by Crippen LogP contribution is -2.51. The Labute approximate surface area is 91.7 Å². The van der Waals surface area contributed by atoms with Gasteiger partial charge in [0.1, 0.15) is 0 Å². The van der Waals surface area contributed by atoms with Gasteiger partial charge in [0.15, 0.2) is 0 Å². The van der Waals surface area contributed by atoms with Crippen LogP contribution in [-0.4, -0.2) is 18.8 Å². The number of benzene rings is 1. The molecule has 0 saturated carbocycles. The van der Waals surface area contributed by atoms with E-state index in [4.69, 9.17) is 9.31 Å². The predicted molar refractivity (Wildman–Crippen MR) is 62.2 cm³/mol. The first kappa shape index (κ1) is 10.7. The highest BCUT2D eigenvalue weighted by Crippen LogP contribution is 2.25. The minimum Gasteiger partial charge on any atom is -0.405 e.